The lowest BCUT2D eigenvalue weighted by molar-refractivity contribution is 0.287. The van der Waals surface area contributed by atoms with Gasteiger partial charge in [0.25, 0.3) is 0 Å². The maximum atomic E-state index is 9.47. The molecule has 0 saturated heterocycles. The van der Waals surface area contributed by atoms with Crippen molar-refractivity contribution in [2.75, 3.05) is 13.2 Å². The lowest BCUT2D eigenvalue weighted by Gasteiger charge is -2.28. The van der Waals surface area contributed by atoms with Crippen LogP contribution in [0.1, 0.15) is 25.3 Å². The summed E-state index contributed by atoms with van der Waals surface area (Å²) in [7, 11) is 0. The molecule has 7 heteroatoms. The molecule has 6 nitrogen and oxygen atoms in total. The molecule has 124 valence electrons. The maximum Gasteiger partial charge on any atom is 0.161 e. The number of thioether (sulfide) groups is 1. The molecule has 1 heterocycles. The van der Waals surface area contributed by atoms with Crippen LogP contribution in [-0.2, 0) is 0 Å². The second kappa shape index (κ2) is 7.76. The summed E-state index contributed by atoms with van der Waals surface area (Å²) in [6.45, 7) is 4.71. The molecule has 0 spiro atoms. The van der Waals surface area contributed by atoms with Crippen LogP contribution in [0.5, 0.6) is 11.5 Å². The van der Waals surface area contributed by atoms with Crippen molar-refractivity contribution in [3.05, 3.63) is 34.4 Å². The summed E-state index contributed by atoms with van der Waals surface area (Å²) in [6.07, 6.45) is 0. The molecule has 0 saturated carbocycles. The molecule has 1 aliphatic rings. The van der Waals surface area contributed by atoms with Crippen molar-refractivity contribution in [3.8, 4) is 23.6 Å². The average Bonchev–Trinajstić information content (AvgIpc) is 2.56. The van der Waals surface area contributed by atoms with Crippen molar-refractivity contribution in [2.45, 2.75) is 19.8 Å². The van der Waals surface area contributed by atoms with Crippen LogP contribution < -0.4 is 15.2 Å². The predicted molar refractivity (Wildman–Crippen MR) is 92.8 cm³/mol. The van der Waals surface area contributed by atoms with Gasteiger partial charge in [-0.1, -0.05) is 17.8 Å². The molecule has 24 heavy (non-hydrogen) atoms. The first-order valence-corrected chi connectivity index (χ1v) is 8.34. The molecule has 2 rings (SSSR count). The Bertz CT molecular complexity index is 761. The minimum atomic E-state index is -0.746. The SMILES string of the molecule is CCOc1ccc([C@H]2C(C#N)=C(N)SC(=N)[C@H]2C#N)cc1OCC. The van der Waals surface area contributed by atoms with Gasteiger partial charge in [0.1, 0.15) is 5.92 Å². The van der Waals surface area contributed by atoms with Crippen molar-refractivity contribution in [2.24, 2.45) is 11.7 Å². The fourth-order valence-corrected chi connectivity index (χ4v) is 3.42. The molecule has 0 amide bonds. The number of allylic oxidation sites excluding steroid dienone is 1. The quantitative estimate of drug-likeness (QED) is 0.849. The third kappa shape index (κ3) is 3.32. The highest BCUT2D eigenvalue weighted by atomic mass is 32.2. The Morgan fingerprint density at radius 1 is 1.21 bits per heavy atom. The molecule has 3 N–H and O–H groups in total. The lowest BCUT2D eigenvalue weighted by atomic mass is 9.81. The Labute approximate surface area is 145 Å². The van der Waals surface area contributed by atoms with E-state index in [0.717, 1.165) is 11.8 Å². The fourth-order valence-electron chi connectivity index (χ4n) is 2.59. The fraction of sp³-hybridized carbons (Fsp3) is 0.353. The molecule has 0 bridgehead atoms. The minimum absolute atomic E-state index is 0.144. The Hall–Kier alpha value is -2.64. The number of hydrogen-bond donors (Lipinski definition) is 2. The van der Waals surface area contributed by atoms with E-state index in [1.54, 1.807) is 18.2 Å². The molecule has 0 radical (unpaired) electrons. The highest BCUT2D eigenvalue weighted by Crippen LogP contribution is 2.44. The summed E-state index contributed by atoms with van der Waals surface area (Å²) in [5.41, 5.74) is 6.93. The van der Waals surface area contributed by atoms with E-state index < -0.39 is 11.8 Å². The topological polar surface area (TPSA) is 116 Å². The third-order valence-corrected chi connectivity index (χ3v) is 4.51. The van der Waals surface area contributed by atoms with E-state index >= 15 is 0 Å². The number of nitriles is 2. The Morgan fingerprint density at radius 3 is 2.46 bits per heavy atom. The smallest absolute Gasteiger partial charge is 0.161 e. The molecule has 1 aromatic carbocycles. The van der Waals surface area contributed by atoms with Crippen molar-refractivity contribution in [1.82, 2.24) is 0 Å². The zero-order chi connectivity index (χ0) is 17.7. The van der Waals surface area contributed by atoms with E-state index in [1.165, 1.54) is 0 Å². The zero-order valence-electron chi connectivity index (χ0n) is 13.5. The van der Waals surface area contributed by atoms with Gasteiger partial charge in [-0.25, -0.2) is 0 Å². The normalized spacial score (nSPS) is 20.2. The largest absolute Gasteiger partial charge is 0.490 e. The molecule has 1 aromatic rings. The maximum absolute atomic E-state index is 9.47. The van der Waals surface area contributed by atoms with Crippen LogP contribution in [0.2, 0.25) is 0 Å². The number of rotatable bonds is 5. The van der Waals surface area contributed by atoms with Crippen LogP contribution in [-0.4, -0.2) is 18.3 Å². The molecule has 1 aliphatic heterocycles. The standard InChI is InChI=1S/C17H18N4O2S/c1-3-22-13-6-5-10(7-14(13)23-4-2)15-11(8-18)16(20)24-17(21)12(15)9-19/h5-7,11,15,20H,3-4,21H2,1-2H3/t11-,15+/m0/s1. The summed E-state index contributed by atoms with van der Waals surface area (Å²) >= 11 is 0.971. The van der Waals surface area contributed by atoms with E-state index in [9.17, 15) is 10.5 Å². The number of ether oxygens (including phenoxy) is 2. The van der Waals surface area contributed by atoms with Crippen molar-refractivity contribution in [1.29, 1.82) is 15.9 Å². The average molecular weight is 342 g/mol. The van der Waals surface area contributed by atoms with Crippen molar-refractivity contribution >= 4 is 16.8 Å². The Kier molecular flexibility index (Phi) is 5.73. The number of benzene rings is 1. The molecular weight excluding hydrogens is 324 g/mol. The lowest BCUT2D eigenvalue weighted by Crippen LogP contribution is -2.26. The second-order valence-corrected chi connectivity index (χ2v) is 6.10. The molecule has 2 atom stereocenters. The van der Waals surface area contributed by atoms with Crippen LogP contribution in [0, 0.1) is 34.0 Å². The Morgan fingerprint density at radius 2 is 1.88 bits per heavy atom. The van der Waals surface area contributed by atoms with E-state index in [1.807, 2.05) is 13.8 Å². The van der Waals surface area contributed by atoms with Crippen LogP contribution in [0.15, 0.2) is 28.8 Å². The summed E-state index contributed by atoms with van der Waals surface area (Å²) in [4.78, 5) is 0. The van der Waals surface area contributed by atoms with Crippen molar-refractivity contribution in [3.63, 3.8) is 0 Å². The minimum Gasteiger partial charge on any atom is -0.490 e. The van der Waals surface area contributed by atoms with Crippen LogP contribution >= 0.6 is 11.8 Å². The second-order valence-electron chi connectivity index (χ2n) is 5.01. The third-order valence-electron chi connectivity index (χ3n) is 3.60. The number of hydrogen-bond acceptors (Lipinski definition) is 7. The summed E-state index contributed by atoms with van der Waals surface area (Å²) < 4.78 is 11.2. The van der Waals surface area contributed by atoms with Gasteiger partial charge in [0.05, 0.1) is 41.0 Å². The van der Waals surface area contributed by atoms with Gasteiger partial charge in [0.2, 0.25) is 0 Å². The highest BCUT2D eigenvalue weighted by Gasteiger charge is 2.37. The first kappa shape index (κ1) is 17.7. The molecule has 0 aliphatic carbocycles. The van der Waals surface area contributed by atoms with Gasteiger partial charge in [-0.3, -0.25) is 5.41 Å². The molecule has 0 aromatic heterocycles. The first-order valence-electron chi connectivity index (χ1n) is 7.52. The van der Waals surface area contributed by atoms with Gasteiger partial charge in [-0.15, -0.1) is 0 Å². The molecular formula is C17H18N4O2S. The van der Waals surface area contributed by atoms with Gasteiger partial charge in [0, 0.05) is 5.92 Å². The summed E-state index contributed by atoms with van der Waals surface area (Å²) in [5, 5.41) is 27.4. The van der Waals surface area contributed by atoms with Crippen molar-refractivity contribution < 1.29 is 9.47 Å². The van der Waals surface area contributed by atoms with Gasteiger partial charge in [-0.05, 0) is 31.5 Å². The van der Waals surface area contributed by atoms with Gasteiger partial charge < -0.3 is 15.2 Å². The van der Waals surface area contributed by atoms with Gasteiger partial charge in [-0.2, -0.15) is 10.5 Å². The van der Waals surface area contributed by atoms with E-state index in [2.05, 4.69) is 12.1 Å². The summed E-state index contributed by atoms with van der Waals surface area (Å²) in [6, 6.07) is 9.52. The number of nitrogens with one attached hydrogen (secondary N) is 1. The first-order chi connectivity index (χ1) is 11.6. The van der Waals surface area contributed by atoms with Crippen LogP contribution in [0.25, 0.3) is 0 Å². The van der Waals surface area contributed by atoms with Crippen LogP contribution in [0.4, 0.5) is 0 Å². The van der Waals surface area contributed by atoms with Gasteiger partial charge >= 0.3 is 0 Å². The number of nitrogens with two attached hydrogens (primary N) is 1. The zero-order valence-corrected chi connectivity index (χ0v) is 14.3. The monoisotopic (exact) mass is 342 g/mol. The van der Waals surface area contributed by atoms with E-state index in [4.69, 9.17) is 20.6 Å². The number of nitrogens with zero attached hydrogens (tertiary/aromatic N) is 2. The highest BCUT2D eigenvalue weighted by molar-refractivity contribution is 8.17. The van der Waals surface area contributed by atoms with E-state index in [0.29, 0.717) is 35.8 Å². The molecule has 0 unspecified atom stereocenters. The van der Waals surface area contributed by atoms with E-state index in [-0.39, 0.29) is 10.1 Å². The predicted octanol–water partition coefficient (Wildman–Crippen LogP) is 3.13. The summed E-state index contributed by atoms with van der Waals surface area (Å²) in [5.74, 6) is -0.172. The van der Waals surface area contributed by atoms with Gasteiger partial charge in [0.15, 0.2) is 11.5 Å². The van der Waals surface area contributed by atoms with Crippen LogP contribution in [0.3, 0.4) is 0 Å². The Balaban J connectivity index is 2.57. The molecule has 0 fully saturated rings.